The van der Waals surface area contributed by atoms with E-state index in [9.17, 15) is 0 Å². The average Bonchev–Trinajstić information content (AvgIpc) is 2.29. The Labute approximate surface area is 93.7 Å². The van der Waals surface area contributed by atoms with Gasteiger partial charge in [-0.25, -0.2) is 0 Å². The van der Waals surface area contributed by atoms with E-state index in [1.807, 2.05) is 30.4 Å². The second-order valence-electron chi connectivity index (χ2n) is 3.18. The van der Waals surface area contributed by atoms with Crippen LogP contribution in [0.25, 0.3) is 16.5 Å². The lowest BCUT2D eigenvalue weighted by molar-refractivity contribution is 0.996. The Hall–Kier alpha value is -2.26. The average molecular weight is 215 g/mol. The van der Waals surface area contributed by atoms with Crippen LogP contribution in [-0.4, -0.2) is 12.4 Å². The zero-order chi connectivity index (χ0) is 11.8. The summed E-state index contributed by atoms with van der Waals surface area (Å²) in [6.45, 7) is 0.458. The van der Waals surface area contributed by atoms with Gasteiger partial charge in [-0.05, 0) is 23.6 Å². The lowest BCUT2D eigenvalue weighted by Crippen LogP contribution is -2.10. The Morgan fingerprint density at radius 2 is 2.38 bits per heavy atom. The van der Waals surface area contributed by atoms with Gasteiger partial charge in [-0.3, -0.25) is 5.41 Å². The first-order chi connectivity index (χ1) is 7.74. The van der Waals surface area contributed by atoms with Gasteiger partial charge in [0.1, 0.15) is 5.84 Å². The minimum atomic E-state index is 0.0596. The molecule has 5 nitrogen and oxygen atoms in total. The van der Waals surface area contributed by atoms with E-state index < -0.39 is 0 Å². The lowest BCUT2D eigenvalue weighted by atomic mass is 10.1. The molecule has 0 aliphatic rings. The van der Waals surface area contributed by atoms with E-state index in [2.05, 4.69) is 10.0 Å². The monoisotopic (exact) mass is 215 g/mol. The number of amidine groups is 1. The first kappa shape index (κ1) is 11.8. The molecule has 3 N–H and O–H groups in total. The Morgan fingerprint density at radius 3 is 3.06 bits per heavy atom. The summed E-state index contributed by atoms with van der Waals surface area (Å²) < 4.78 is 0. The van der Waals surface area contributed by atoms with Gasteiger partial charge in [0.05, 0.1) is 0 Å². The van der Waals surface area contributed by atoms with Crippen molar-refractivity contribution in [2.45, 2.75) is 6.42 Å². The number of nitrogens with two attached hydrogens (primary N) is 1. The zero-order valence-corrected chi connectivity index (χ0v) is 8.80. The summed E-state index contributed by atoms with van der Waals surface area (Å²) in [5.41, 5.74) is 15.1. The topological polar surface area (TPSA) is 98.6 Å². The third-order valence-corrected chi connectivity index (χ3v) is 1.97. The molecule has 0 amide bonds. The molecule has 0 fully saturated rings. The molecule has 1 aromatic carbocycles. The van der Waals surface area contributed by atoms with Crippen LogP contribution in [0, 0.1) is 5.41 Å². The Balaban J connectivity index is 2.63. The number of nitrogen functional groups attached to an aromatic ring is 1. The van der Waals surface area contributed by atoms with Crippen molar-refractivity contribution in [1.82, 2.24) is 0 Å². The van der Waals surface area contributed by atoms with Crippen molar-refractivity contribution >= 4 is 11.9 Å². The highest BCUT2D eigenvalue weighted by atomic mass is 15.1. The van der Waals surface area contributed by atoms with Gasteiger partial charge in [-0.2, -0.15) is 0 Å². The number of hydrogen-bond acceptors (Lipinski definition) is 2. The summed E-state index contributed by atoms with van der Waals surface area (Å²) in [5, 5.41) is 10.7. The fourth-order valence-electron chi connectivity index (χ4n) is 1.21. The molecule has 0 unspecified atom stereocenters. The highest BCUT2D eigenvalue weighted by Crippen LogP contribution is 2.07. The first-order valence-corrected chi connectivity index (χ1v) is 4.86. The van der Waals surface area contributed by atoms with E-state index in [4.69, 9.17) is 16.7 Å². The summed E-state index contributed by atoms with van der Waals surface area (Å²) in [4.78, 5) is 2.66. The minimum absolute atomic E-state index is 0.0596. The third-order valence-electron chi connectivity index (χ3n) is 1.97. The molecule has 0 saturated carbocycles. The van der Waals surface area contributed by atoms with Crippen molar-refractivity contribution in [2.75, 3.05) is 6.54 Å². The smallest absolute Gasteiger partial charge is 0.122 e. The second-order valence-corrected chi connectivity index (χ2v) is 3.18. The molecule has 0 bridgehead atoms. The summed E-state index contributed by atoms with van der Waals surface area (Å²) in [6, 6.07) is 7.41. The highest BCUT2D eigenvalue weighted by molar-refractivity contribution is 5.95. The van der Waals surface area contributed by atoms with Gasteiger partial charge in [-0.1, -0.05) is 35.5 Å². The highest BCUT2D eigenvalue weighted by Gasteiger charge is 1.95. The largest absolute Gasteiger partial charge is 0.384 e. The normalized spacial score (nSPS) is 10.0. The van der Waals surface area contributed by atoms with Gasteiger partial charge in [0, 0.05) is 17.0 Å². The molecule has 0 spiro atoms. The van der Waals surface area contributed by atoms with Crippen LogP contribution in [0.3, 0.4) is 0 Å². The summed E-state index contributed by atoms with van der Waals surface area (Å²) in [6.07, 6.45) is 4.54. The maximum atomic E-state index is 8.08. The fraction of sp³-hybridized carbons (Fsp3) is 0.182. The van der Waals surface area contributed by atoms with Crippen LogP contribution < -0.4 is 5.73 Å². The van der Waals surface area contributed by atoms with Crippen LogP contribution in [0.4, 0.5) is 0 Å². The van der Waals surface area contributed by atoms with E-state index in [-0.39, 0.29) is 5.84 Å². The van der Waals surface area contributed by atoms with Crippen molar-refractivity contribution in [1.29, 1.82) is 5.41 Å². The van der Waals surface area contributed by atoms with Crippen LogP contribution in [0.2, 0.25) is 0 Å². The summed E-state index contributed by atoms with van der Waals surface area (Å²) in [7, 11) is 0. The fourth-order valence-corrected chi connectivity index (χ4v) is 1.21. The number of nitrogens with zero attached hydrogens (tertiary/aromatic N) is 3. The molecule has 0 aliphatic heterocycles. The van der Waals surface area contributed by atoms with Gasteiger partial charge in [-0.15, -0.1) is 0 Å². The van der Waals surface area contributed by atoms with E-state index in [1.165, 1.54) is 0 Å². The molecule has 0 aromatic heterocycles. The molecule has 82 valence electrons. The van der Waals surface area contributed by atoms with Gasteiger partial charge in [0.2, 0.25) is 0 Å². The van der Waals surface area contributed by atoms with E-state index >= 15 is 0 Å². The Bertz CT molecular complexity index is 443. The third kappa shape index (κ3) is 3.86. The van der Waals surface area contributed by atoms with Crippen LogP contribution in [0.15, 0.2) is 35.5 Å². The van der Waals surface area contributed by atoms with E-state index in [0.717, 1.165) is 5.56 Å². The Kier molecular flexibility index (Phi) is 4.63. The van der Waals surface area contributed by atoms with Gasteiger partial charge in [0.15, 0.2) is 0 Å². The van der Waals surface area contributed by atoms with Crippen molar-refractivity contribution < 1.29 is 0 Å². The number of hydrogen-bond donors (Lipinski definition) is 2. The maximum absolute atomic E-state index is 8.08. The molecule has 16 heavy (non-hydrogen) atoms. The predicted octanol–water partition coefficient (Wildman–Crippen LogP) is 2.68. The molecule has 5 heteroatoms. The first-order valence-electron chi connectivity index (χ1n) is 4.86. The molecule has 0 aliphatic carbocycles. The molecule has 0 atom stereocenters. The lowest BCUT2D eigenvalue weighted by Gasteiger charge is -1.99. The molecule has 1 rings (SSSR count). The maximum Gasteiger partial charge on any atom is 0.122 e. The molecule has 0 saturated heterocycles. The van der Waals surface area contributed by atoms with E-state index in [0.29, 0.717) is 18.5 Å². The van der Waals surface area contributed by atoms with Crippen LogP contribution in [0.5, 0.6) is 0 Å². The van der Waals surface area contributed by atoms with E-state index in [1.54, 1.807) is 6.07 Å². The van der Waals surface area contributed by atoms with Crippen molar-refractivity contribution in [3.63, 3.8) is 0 Å². The SMILES string of the molecule is [N-]=[N+]=NCCC=Cc1cccc(C(=N)N)c1. The molecular formula is C11H13N5. The summed E-state index contributed by atoms with van der Waals surface area (Å²) in [5.74, 6) is 0.0596. The molecular weight excluding hydrogens is 202 g/mol. The van der Waals surface area contributed by atoms with Gasteiger partial charge < -0.3 is 5.73 Å². The van der Waals surface area contributed by atoms with Crippen molar-refractivity contribution in [3.8, 4) is 0 Å². The minimum Gasteiger partial charge on any atom is -0.384 e. The number of azide groups is 1. The second kappa shape index (κ2) is 6.27. The number of nitrogens with one attached hydrogen (secondary N) is 1. The standard InChI is InChI=1S/C11H13N5/c12-11(13)10-6-3-5-9(8-10)4-1-2-7-15-16-14/h1,3-6,8H,2,7H2,(H3,12,13). The van der Waals surface area contributed by atoms with Crippen molar-refractivity contribution in [3.05, 3.63) is 51.9 Å². The zero-order valence-electron chi connectivity index (χ0n) is 8.80. The predicted molar refractivity (Wildman–Crippen MR) is 65.1 cm³/mol. The van der Waals surface area contributed by atoms with Crippen LogP contribution in [-0.2, 0) is 0 Å². The number of rotatable bonds is 5. The number of benzene rings is 1. The molecule has 0 radical (unpaired) electrons. The van der Waals surface area contributed by atoms with Crippen LogP contribution >= 0.6 is 0 Å². The van der Waals surface area contributed by atoms with Gasteiger partial charge in [0.25, 0.3) is 0 Å². The van der Waals surface area contributed by atoms with Gasteiger partial charge >= 0.3 is 0 Å². The quantitative estimate of drug-likeness (QED) is 0.194. The Morgan fingerprint density at radius 1 is 1.56 bits per heavy atom. The van der Waals surface area contributed by atoms with Crippen LogP contribution in [0.1, 0.15) is 17.5 Å². The molecule has 1 aromatic rings. The molecule has 0 heterocycles. The summed E-state index contributed by atoms with van der Waals surface area (Å²) >= 11 is 0. The van der Waals surface area contributed by atoms with Crippen molar-refractivity contribution in [2.24, 2.45) is 10.8 Å².